The van der Waals surface area contributed by atoms with Gasteiger partial charge in [-0.1, -0.05) is 6.07 Å². The number of hydrogen-bond acceptors (Lipinski definition) is 1. The highest BCUT2D eigenvalue weighted by atomic mass is 16.3. The van der Waals surface area contributed by atoms with Crippen LogP contribution in [0.5, 0.6) is 0 Å². The van der Waals surface area contributed by atoms with Gasteiger partial charge < -0.3 is 9.67 Å². The van der Waals surface area contributed by atoms with Crippen LogP contribution in [0.3, 0.4) is 0 Å². The van der Waals surface area contributed by atoms with Gasteiger partial charge in [-0.3, -0.25) is 0 Å². The van der Waals surface area contributed by atoms with Crippen LogP contribution in [0.4, 0.5) is 0 Å². The highest BCUT2D eigenvalue weighted by Gasteiger charge is 2.21. The van der Waals surface area contributed by atoms with E-state index in [2.05, 4.69) is 35.0 Å². The minimum absolute atomic E-state index is 0.263. The second kappa shape index (κ2) is 4.19. The topological polar surface area (TPSA) is 25.2 Å². The molecule has 1 aliphatic rings. The summed E-state index contributed by atoms with van der Waals surface area (Å²) in [5.74, 6) is 0.905. The Kier molecular flexibility index (Phi) is 2.67. The Morgan fingerprint density at radius 1 is 1.35 bits per heavy atom. The van der Waals surface area contributed by atoms with Crippen molar-refractivity contribution in [3.05, 3.63) is 36.0 Å². The number of fused-ring (bicyclic) bond motifs is 1. The van der Waals surface area contributed by atoms with E-state index in [1.54, 1.807) is 0 Å². The van der Waals surface area contributed by atoms with Crippen molar-refractivity contribution in [3.8, 4) is 0 Å². The third-order valence-corrected chi connectivity index (χ3v) is 3.52. The first-order valence-corrected chi connectivity index (χ1v) is 6.48. The summed E-state index contributed by atoms with van der Waals surface area (Å²) in [5.41, 5.74) is 2.54. The van der Waals surface area contributed by atoms with E-state index in [4.69, 9.17) is 0 Å². The van der Waals surface area contributed by atoms with Crippen molar-refractivity contribution >= 4 is 10.9 Å². The molecule has 0 radical (unpaired) electrons. The highest BCUT2D eigenvalue weighted by Crippen LogP contribution is 2.32. The van der Waals surface area contributed by atoms with Crippen LogP contribution >= 0.6 is 0 Å². The van der Waals surface area contributed by atoms with Gasteiger partial charge in [0.1, 0.15) is 0 Å². The average Bonchev–Trinajstić information content (AvgIpc) is 3.00. The zero-order valence-corrected chi connectivity index (χ0v) is 10.3. The number of aromatic nitrogens is 1. The SMILES string of the molecule is CC(O)Cc1ccc2c(ccn2CC2CC2)c1. The van der Waals surface area contributed by atoms with E-state index in [0.717, 1.165) is 12.3 Å². The lowest BCUT2D eigenvalue weighted by atomic mass is 10.1. The van der Waals surface area contributed by atoms with Crippen molar-refractivity contribution in [3.63, 3.8) is 0 Å². The summed E-state index contributed by atoms with van der Waals surface area (Å²) < 4.78 is 2.36. The predicted octanol–water partition coefficient (Wildman–Crippen LogP) is 2.97. The Labute approximate surface area is 102 Å². The van der Waals surface area contributed by atoms with Gasteiger partial charge in [-0.25, -0.2) is 0 Å². The van der Waals surface area contributed by atoms with Gasteiger partial charge in [0.2, 0.25) is 0 Å². The first-order valence-electron chi connectivity index (χ1n) is 6.48. The molecule has 1 heterocycles. The van der Waals surface area contributed by atoms with Gasteiger partial charge in [0.15, 0.2) is 0 Å². The maximum absolute atomic E-state index is 9.41. The molecule has 0 saturated heterocycles. The Bertz CT molecular complexity index is 523. The molecule has 0 spiro atoms. The molecule has 3 rings (SSSR count). The van der Waals surface area contributed by atoms with Crippen molar-refractivity contribution in [1.29, 1.82) is 0 Å². The molecule has 1 unspecified atom stereocenters. The first kappa shape index (κ1) is 10.8. The summed E-state index contributed by atoms with van der Waals surface area (Å²) in [7, 11) is 0. The van der Waals surface area contributed by atoms with E-state index in [1.807, 2.05) is 6.92 Å². The summed E-state index contributed by atoms with van der Waals surface area (Å²) >= 11 is 0. The van der Waals surface area contributed by atoms with Gasteiger partial charge >= 0.3 is 0 Å². The second-order valence-electron chi connectivity index (χ2n) is 5.36. The Hall–Kier alpha value is -1.28. The van der Waals surface area contributed by atoms with Crippen molar-refractivity contribution in [2.75, 3.05) is 0 Å². The van der Waals surface area contributed by atoms with E-state index in [-0.39, 0.29) is 6.10 Å². The van der Waals surface area contributed by atoms with Crippen molar-refractivity contribution in [2.45, 2.75) is 38.8 Å². The largest absolute Gasteiger partial charge is 0.393 e. The van der Waals surface area contributed by atoms with E-state index in [9.17, 15) is 5.11 Å². The fourth-order valence-electron chi connectivity index (χ4n) is 2.46. The quantitative estimate of drug-likeness (QED) is 0.856. The molecule has 2 aromatic rings. The van der Waals surface area contributed by atoms with Gasteiger partial charge in [0.05, 0.1) is 6.10 Å². The van der Waals surface area contributed by atoms with Gasteiger partial charge in [-0.2, -0.15) is 0 Å². The molecule has 0 amide bonds. The molecule has 0 bridgehead atoms. The second-order valence-corrected chi connectivity index (χ2v) is 5.36. The van der Waals surface area contributed by atoms with Gasteiger partial charge in [-0.15, -0.1) is 0 Å². The summed E-state index contributed by atoms with van der Waals surface area (Å²) in [6.45, 7) is 3.00. The maximum atomic E-state index is 9.41. The van der Waals surface area contributed by atoms with Gasteiger partial charge in [0.25, 0.3) is 0 Å². The Morgan fingerprint density at radius 2 is 2.18 bits per heavy atom. The van der Waals surface area contributed by atoms with Crippen molar-refractivity contribution < 1.29 is 5.11 Å². The molecule has 17 heavy (non-hydrogen) atoms. The fourth-order valence-corrected chi connectivity index (χ4v) is 2.46. The summed E-state index contributed by atoms with van der Waals surface area (Å²) in [4.78, 5) is 0. The number of rotatable bonds is 4. The molecule has 2 nitrogen and oxygen atoms in total. The molecule has 2 heteroatoms. The van der Waals surface area contributed by atoms with E-state index < -0.39 is 0 Å². The maximum Gasteiger partial charge on any atom is 0.0552 e. The Morgan fingerprint density at radius 3 is 2.88 bits per heavy atom. The van der Waals surface area contributed by atoms with Crippen LogP contribution in [0, 0.1) is 5.92 Å². The van der Waals surface area contributed by atoms with E-state index >= 15 is 0 Å². The standard InChI is InChI=1S/C15H19NO/c1-11(17)8-13-4-5-15-14(9-13)6-7-16(15)10-12-2-3-12/h4-7,9,11-12,17H,2-3,8,10H2,1H3. The van der Waals surface area contributed by atoms with Crippen LogP contribution < -0.4 is 0 Å². The molecule has 0 aliphatic heterocycles. The number of hydrogen-bond donors (Lipinski definition) is 1. The number of aliphatic hydroxyl groups excluding tert-OH is 1. The van der Waals surface area contributed by atoms with E-state index in [0.29, 0.717) is 0 Å². The average molecular weight is 229 g/mol. The highest BCUT2D eigenvalue weighted by molar-refractivity contribution is 5.80. The molecule has 1 N–H and O–H groups in total. The smallest absolute Gasteiger partial charge is 0.0552 e. The third-order valence-electron chi connectivity index (χ3n) is 3.52. The monoisotopic (exact) mass is 229 g/mol. The molecule has 1 aliphatic carbocycles. The number of nitrogens with zero attached hydrogens (tertiary/aromatic N) is 1. The van der Waals surface area contributed by atoms with Crippen LogP contribution in [0.15, 0.2) is 30.5 Å². The predicted molar refractivity (Wildman–Crippen MR) is 70.0 cm³/mol. The summed E-state index contributed by atoms with van der Waals surface area (Å²) in [6.07, 6.45) is 5.44. The lowest BCUT2D eigenvalue weighted by Gasteiger charge is -2.06. The molecule has 1 aromatic heterocycles. The number of benzene rings is 1. The lowest BCUT2D eigenvalue weighted by molar-refractivity contribution is 0.195. The van der Waals surface area contributed by atoms with Crippen LogP contribution in [0.25, 0.3) is 10.9 Å². The minimum atomic E-state index is -0.263. The Balaban J connectivity index is 1.89. The van der Waals surface area contributed by atoms with Crippen molar-refractivity contribution in [1.82, 2.24) is 4.57 Å². The third kappa shape index (κ3) is 2.37. The first-order chi connectivity index (χ1) is 8.22. The van der Waals surface area contributed by atoms with Gasteiger partial charge in [0, 0.05) is 18.3 Å². The summed E-state index contributed by atoms with van der Waals surface area (Å²) in [6, 6.07) is 8.71. The molecular weight excluding hydrogens is 210 g/mol. The zero-order valence-electron chi connectivity index (χ0n) is 10.3. The number of aliphatic hydroxyl groups is 1. The fraction of sp³-hybridized carbons (Fsp3) is 0.467. The van der Waals surface area contributed by atoms with Crippen molar-refractivity contribution in [2.24, 2.45) is 5.92 Å². The summed E-state index contributed by atoms with van der Waals surface area (Å²) in [5, 5.41) is 10.7. The van der Waals surface area contributed by atoms with Crippen LogP contribution in [0.1, 0.15) is 25.3 Å². The zero-order chi connectivity index (χ0) is 11.8. The van der Waals surface area contributed by atoms with Crippen LogP contribution in [-0.4, -0.2) is 15.8 Å². The molecule has 1 aromatic carbocycles. The van der Waals surface area contributed by atoms with Crippen LogP contribution in [-0.2, 0) is 13.0 Å². The van der Waals surface area contributed by atoms with Gasteiger partial charge in [-0.05, 0) is 61.3 Å². The normalized spacial score (nSPS) is 17.5. The molecule has 1 saturated carbocycles. The molecule has 90 valence electrons. The molecule has 1 atom stereocenters. The molecule has 1 fully saturated rings. The van der Waals surface area contributed by atoms with Crippen LogP contribution in [0.2, 0.25) is 0 Å². The minimum Gasteiger partial charge on any atom is -0.393 e. The molecular formula is C15H19NO. The lowest BCUT2D eigenvalue weighted by Crippen LogP contribution is -2.04. The van der Waals surface area contributed by atoms with E-state index in [1.165, 1.54) is 35.9 Å².